The van der Waals surface area contributed by atoms with E-state index in [1.807, 2.05) is 45.0 Å². The lowest BCUT2D eigenvalue weighted by molar-refractivity contribution is -0.124. The molecular weight excluding hydrogens is 252 g/mol. The highest BCUT2D eigenvalue weighted by atomic mass is 16.5. The molecule has 0 saturated heterocycles. The third-order valence-corrected chi connectivity index (χ3v) is 3.80. The highest BCUT2D eigenvalue weighted by Crippen LogP contribution is 2.27. The van der Waals surface area contributed by atoms with Crippen molar-refractivity contribution in [2.75, 3.05) is 7.11 Å². The molecule has 1 aromatic rings. The fourth-order valence-electron chi connectivity index (χ4n) is 2.13. The number of nitrogens with two attached hydrogens (primary N) is 1. The maximum absolute atomic E-state index is 12.2. The van der Waals surface area contributed by atoms with Gasteiger partial charge in [0.1, 0.15) is 5.75 Å². The number of benzene rings is 1. The third-order valence-electron chi connectivity index (χ3n) is 3.80. The number of carbonyl (C=O) groups is 1. The minimum absolute atomic E-state index is 0.0752. The van der Waals surface area contributed by atoms with Gasteiger partial charge in [0.25, 0.3) is 0 Å². The summed E-state index contributed by atoms with van der Waals surface area (Å²) in [5.74, 6) is 0.860. The average molecular weight is 278 g/mol. The van der Waals surface area contributed by atoms with Crippen molar-refractivity contribution in [3.8, 4) is 5.75 Å². The van der Waals surface area contributed by atoms with Gasteiger partial charge in [0.2, 0.25) is 5.91 Å². The van der Waals surface area contributed by atoms with Crippen molar-refractivity contribution >= 4 is 5.91 Å². The zero-order valence-electron chi connectivity index (χ0n) is 12.8. The van der Waals surface area contributed by atoms with E-state index in [1.165, 1.54) is 0 Å². The van der Waals surface area contributed by atoms with E-state index >= 15 is 0 Å². The van der Waals surface area contributed by atoms with E-state index in [2.05, 4.69) is 5.32 Å². The molecule has 0 fully saturated rings. The summed E-state index contributed by atoms with van der Waals surface area (Å²) in [7, 11) is 1.64. The third kappa shape index (κ3) is 3.97. The van der Waals surface area contributed by atoms with Crippen LogP contribution in [0, 0.1) is 5.92 Å². The number of carbonyl (C=O) groups excluding carboxylic acids is 1. The van der Waals surface area contributed by atoms with E-state index in [0.29, 0.717) is 0 Å². The Morgan fingerprint density at radius 2 is 1.95 bits per heavy atom. The monoisotopic (exact) mass is 278 g/mol. The zero-order valence-corrected chi connectivity index (χ0v) is 12.8. The zero-order chi connectivity index (χ0) is 15.1. The number of hydrogen-bond acceptors (Lipinski definition) is 3. The summed E-state index contributed by atoms with van der Waals surface area (Å²) >= 11 is 0. The van der Waals surface area contributed by atoms with Crippen molar-refractivity contribution in [2.45, 2.75) is 45.7 Å². The average Bonchev–Trinajstić information content (AvgIpc) is 2.50. The number of ether oxygens (including phenoxy) is 1. The van der Waals surface area contributed by atoms with Gasteiger partial charge in [-0.2, -0.15) is 0 Å². The molecule has 112 valence electrons. The number of nitrogens with one attached hydrogen (secondary N) is 1. The van der Waals surface area contributed by atoms with Crippen molar-refractivity contribution in [3.63, 3.8) is 0 Å². The van der Waals surface area contributed by atoms with Crippen LogP contribution < -0.4 is 15.8 Å². The molecule has 0 aliphatic rings. The number of rotatable bonds is 7. The summed E-state index contributed by atoms with van der Waals surface area (Å²) < 4.78 is 5.36. The number of hydrogen-bond donors (Lipinski definition) is 2. The van der Waals surface area contributed by atoms with Gasteiger partial charge in [-0.25, -0.2) is 0 Å². The van der Waals surface area contributed by atoms with Crippen molar-refractivity contribution in [1.82, 2.24) is 5.32 Å². The topological polar surface area (TPSA) is 64.4 Å². The van der Waals surface area contributed by atoms with E-state index in [1.54, 1.807) is 7.11 Å². The first kappa shape index (κ1) is 16.5. The van der Waals surface area contributed by atoms with Gasteiger partial charge < -0.3 is 15.8 Å². The van der Waals surface area contributed by atoms with Crippen molar-refractivity contribution in [1.29, 1.82) is 0 Å². The Morgan fingerprint density at radius 3 is 2.50 bits per heavy atom. The molecule has 20 heavy (non-hydrogen) atoms. The number of para-hydroxylation sites is 1. The lowest BCUT2D eigenvalue weighted by Crippen LogP contribution is -2.45. The van der Waals surface area contributed by atoms with Gasteiger partial charge in [0.15, 0.2) is 0 Å². The lowest BCUT2D eigenvalue weighted by atomic mass is 9.97. The molecule has 0 radical (unpaired) electrons. The van der Waals surface area contributed by atoms with Crippen LogP contribution in [0.3, 0.4) is 0 Å². The Labute approximate surface area is 121 Å². The second-order valence-corrected chi connectivity index (χ2v) is 5.12. The van der Waals surface area contributed by atoms with Crippen molar-refractivity contribution < 1.29 is 9.53 Å². The highest BCUT2D eigenvalue weighted by Gasteiger charge is 2.23. The lowest BCUT2D eigenvalue weighted by Gasteiger charge is -2.24. The molecule has 1 amide bonds. The summed E-state index contributed by atoms with van der Waals surface area (Å²) in [5.41, 5.74) is 6.97. The first-order chi connectivity index (χ1) is 9.54. The van der Waals surface area contributed by atoms with E-state index in [4.69, 9.17) is 10.5 Å². The van der Waals surface area contributed by atoms with Gasteiger partial charge in [0, 0.05) is 5.56 Å². The molecule has 1 aromatic carbocycles. The Balaban J connectivity index is 2.84. The van der Waals surface area contributed by atoms with Crippen LogP contribution >= 0.6 is 0 Å². The number of methoxy groups -OCH3 is 1. The molecule has 0 aliphatic heterocycles. The van der Waals surface area contributed by atoms with Crippen LogP contribution in [0.25, 0.3) is 0 Å². The summed E-state index contributed by atoms with van der Waals surface area (Å²) in [6, 6.07) is 7.20. The van der Waals surface area contributed by atoms with E-state index < -0.39 is 6.04 Å². The predicted molar refractivity (Wildman–Crippen MR) is 81.6 cm³/mol. The van der Waals surface area contributed by atoms with Crippen LogP contribution in [0.15, 0.2) is 24.3 Å². The fraction of sp³-hybridized carbons (Fsp3) is 0.562. The standard InChI is InChI=1S/C16H26N2O2/c1-5-11(3)15(17)16(19)18-13(6-2)12-9-7-8-10-14(12)20-4/h7-11,13,15H,5-6,17H2,1-4H3,(H,18,19)/t11-,13?,15-/m0/s1. The Kier molecular flexibility index (Phi) is 6.52. The SMILES string of the molecule is CCC(NC(=O)[C@@H](N)[C@@H](C)CC)c1ccccc1OC. The van der Waals surface area contributed by atoms with Gasteiger partial charge in [0.05, 0.1) is 19.2 Å². The van der Waals surface area contributed by atoms with Gasteiger partial charge >= 0.3 is 0 Å². The van der Waals surface area contributed by atoms with Gasteiger partial charge in [-0.3, -0.25) is 4.79 Å². The van der Waals surface area contributed by atoms with E-state index in [9.17, 15) is 4.79 Å². The molecule has 0 saturated carbocycles. The summed E-state index contributed by atoms with van der Waals surface area (Å²) in [5, 5.41) is 3.03. The Bertz CT molecular complexity index is 434. The minimum Gasteiger partial charge on any atom is -0.496 e. The minimum atomic E-state index is -0.469. The van der Waals surface area contributed by atoms with Crippen LogP contribution in [-0.2, 0) is 4.79 Å². The summed E-state index contributed by atoms with van der Waals surface area (Å²) in [6.07, 6.45) is 1.68. The molecule has 0 heterocycles. The molecule has 0 spiro atoms. The van der Waals surface area contributed by atoms with Crippen molar-refractivity contribution in [3.05, 3.63) is 29.8 Å². The van der Waals surface area contributed by atoms with Crippen molar-refractivity contribution in [2.24, 2.45) is 11.7 Å². The molecule has 0 aromatic heterocycles. The molecule has 0 aliphatic carbocycles. The molecule has 1 unspecified atom stereocenters. The van der Waals surface area contributed by atoms with Gasteiger partial charge in [-0.1, -0.05) is 45.4 Å². The normalized spacial score (nSPS) is 15.2. The number of amides is 1. The fourth-order valence-corrected chi connectivity index (χ4v) is 2.13. The Hall–Kier alpha value is -1.55. The van der Waals surface area contributed by atoms with Crippen LogP contribution in [-0.4, -0.2) is 19.1 Å². The van der Waals surface area contributed by atoms with Crippen LogP contribution in [0.2, 0.25) is 0 Å². The second kappa shape index (κ2) is 7.90. The largest absolute Gasteiger partial charge is 0.496 e. The summed E-state index contributed by atoms with van der Waals surface area (Å²) in [4.78, 5) is 12.2. The van der Waals surface area contributed by atoms with Crippen LogP contribution in [0.1, 0.15) is 45.2 Å². The maximum Gasteiger partial charge on any atom is 0.237 e. The molecule has 4 heteroatoms. The quantitative estimate of drug-likeness (QED) is 0.806. The second-order valence-electron chi connectivity index (χ2n) is 5.12. The van der Waals surface area contributed by atoms with Crippen LogP contribution in [0.5, 0.6) is 5.75 Å². The molecule has 1 rings (SSSR count). The first-order valence-corrected chi connectivity index (χ1v) is 7.23. The van der Waals surface area contributed by atoms with Crippen LogP contribution in [0.4, 0.5) is 0 Å². The first-order valence-electron chi connectivity index (χ1n) is 7.23. The highest BCUT2D eigenvalue weighted by molar-refractivity contribution is 5.82. The molecular formula is C16H26N2O2. The molecule has 3 N–H and O–H groups in total. The smallest absolute Gasteiger partial charge is 0.237 e. The predicted octanol–water partition coefficient (Wildman–Crippen LogP) is 2.64. The summed E-state index contributed by atoms with van der Waals surface area (Å²) in [6.45, 7) is 6.07. The maximum atomic E-state index is 12.2. The van der Waals surface area contributed by atoms with E-state index in [-0.39, 0.29) is 17.9 Å². The van der Waals surface area contributed by atoms with Gasteiger partial charge in [-0.15, -0.1) is 0 Å². The Morgan fingerprint density at radius 1 is 1.30 bits per heavy atom. The molecule has 3 atom stereocenters. The molecule has 4 nitrogen and oxygen atoms in total. The molecule has 0 bridgehead atoms. The van der Waals surface area contributed by atoms with E-state index in [0.717, 1.165) is 24.2 Å². The van der Waals surface area contributed by atoms with Gasteiger partial charge in [-0.05, 0) is 18.4 Å².